The summed E-state index contributed by atoms with van der Waals surface area (Å²) in [7, 11) is 4.59. The summed E-state index contributed by atoms with van der Waals surface area (Å²) in [5.74, 6) is 1.58. The van der Waals surface area contributed by atoms with Crippen LogP contribution in [0.15, 0.2) is 12.1 Å². The van der Waals surface area contributed by atoms with Crippen LogP contribution in [-0.4, -0.2) is 26.4 Å². The number of rotatable bonds is 5. The Morgan fingerprint density at radius 3 is 1.94 bits per heavy atom. The first-order valence-electron chi connectivity index (χ1n) is 4.63. The Balaban J connectivity index is 3.20. The molecule has 0 amide bonds. The normalized spacial score (nSPS) is 9.75. The third-order valence-electron chi connectivity index (χ3n) is 2.08. The lowest BCUT2D eigenvalue weighted by Gasteiger charge is -2.13. The Hall–Kier alpha value is -1.36. The molecule has 0 radical (unpaired) electrons. The van der Waals surface area contributed by atoms with Crippen molar-refractivity contribution in [1.82, 2.24) is 0 Å². The lowest BCUT2D eigenvalue weighted by atomic mass is 10.1. The molecule has 1 aromatic rings. The van der Waals surface area contributed by atoms with Gasteiger partial charge in [-0.25, -0.2) is 0 Å². The zero-order chi connectivity index (χ0) is 12.1. The zero-order valence-corrected chi connectivity index (χ0v) is 10.3. The molecule has 0 fully saturated rings. The maximum Gasteiger partial charge on any atom is 0.203 e. The average Bonchev–Trinajstić information content (AvgIpc) is 2.26. The van der Waals surface area contributed by atoms with Gasteiger partial charge in [0.05, 0.1) is 21.3 Å². The highest BCUT2D eigenvalue weighted by Crippen LogP contribution is 2.38. The first-order chi connectivity index (χ1) is 7.62. The highest BCUT2D eigenvalue weighted by Gasteiger charge is 2.13. The quantitative estimate of drug-likeness (QED) is 0.798. The van der Waals surface area contributed by atoms with Crippen molar-refractivity contribution in [3.05, 3.63) is 17.7 Å². The van der Waals surface area contributed by atoms with Gasteiger partial charge in [-0.15, -0.1) is 12.6 Å². The highest BCUT2D eigenvalue weighted by molar-refractivity contribution is 7.96. The summed E-state index contributed by atoms with van der Waals surface area (Å²) < 4.78 is 15.5. The van der Waals surface area contributed by atoms with E-state index in [2.05, 4.69) is 12.6 Å². The molecule has 4 nitrogen and oxygen atoms in total. The molecule has 0 N–H and O–H groups in total. The standard InChI is InChI=1S/C11H14O4S/c1-13-8-4-7(6-10(12)16)5-9(14-2)11(8)15-3/h4-5H,6H2,1-3H3,(H,12,16). The third-order valence-corrected chi connectivity index (χ3v) is 2.24. The van der Waals surface area contributed by atoms with Gasteiger partial charge in [0, 0.05) is 6.42 Å². The van der Waals surface area contributed by atoms with Crippen LogP contribution in [0.3, 0.4) is 0 Å². The molecule has 0 atom stereocenters. The van der Waals surface area contributed by atoms with E-state index < -0.39 is 0 Å². The van der Waals surface area contributed by atoms with Crippen LogP contribution in [0, 0.1) is 0 Å². The van der Waals surface area contributed by atoms with E-state index in [1.807, 2.05) is 0 Å². The first kappa shape index (κ1) is 12.7. The molecule has 0 bridgehead atoms. The number of ether oxygens (including phenoxy) is 3. The molecule has 0 saturated carbocycles. The van der Waals surface area contributed by atoms with Crippen molar-refractivity contribution in [1.29, 1.82) is 0 Å². The summed E-state index contributed by atoms with van der Waals surface area (Å²) in [5, 5.41) is -0.214. The summed E-state index contributed by atoms with van der Waals surface area (Å²) in [6.45, 7) is 0. The fourth-order valence-electron chi connectivity index (χ4n) is 1.41. The number of methoxy groups -OCH3 is 3. The van der Waals surface area contributed by atoms with Crippen molar-refractivity contribution in [2.24, 2.45) is 0 Å². The maximum atomic E-state index is 10.9. The van der Waals surface area contributed by atoms with Crippen LogP contribution in [0.2, 0.25) is 0 Å². The molecule has 0 saturated heterocycles. The minimum absolute atomic E-state index is 0.214. The maximum absolute atomic E-state index is 10.9. The van der Waals surface area contributed by atoms with Gasteiger partial charge in [0.25, 0.3) is 0 Å². The van der Waals surface area contributed by atoms with E-state index in [0.29, 0.717) is 17.2 Å². The van der Waals surface area contributed by atoms with Gasteiger partial charge < -0.3 is 14.2 Å². The van der Waals surface area contributed by atoms with Crippen molar-refractivity contribution in [3.8, 4) is 17.2 Å². The second-order valence-corrected chi connectivity index (χ2v) is 3.60. The number of thiol groups is 1. The van der Waals surface area contributed by atoms with Crippen molar-refractivity contribution < 1.29 is 19.0 Å². The first-order valence-corrected chi connectivity index (χ1v) is 5.07. The summed E-state index contributed by atoms with van der Waals surface area (Å²) in [6, 6.07) is 3.46. The Bertz CT molecular complexity index is 365. The average molecular weight is 242 g/mol. The molecule has 0 aliphatic rings. The SMILES string of the molecule is COc1cc(CC(=O)S)cc(OC)c1OC. The molecule has 1 rings (SSSR count). The topological polar surface area (TPSA) is 44.8 Å². The zero-order valence-electron chi connectivity index (χ0n) is 9.44. The van der Waals surface area contributed by atoms with Crippen molar-refractivity contribution in [3.63, 3.8) is 0 Å². The van der Waals surface area contributed by atoms with Crippen LogP contribution >= 0.6 is 12.6 Å². The molecular weight excluding hydrogens is 228 g/mol. The smallest absolute Gasteiger partial charge is 0.203 e. The highest BCUT2D eigenvalue weighted by atomic mass is 32.1. The van der Waals surface area contributed by atoms with Gasteiger partial charge in [0.2, 0.25) is 5.75 Å². The van der Waals surface area contributed by atoms with E-state index in [1.54, 1.807) is 12.1 Å². The third kappa shape index (κ3) is 2.82. The van der Waals surface area contributed by atoms with Crippen molar-refractivity contribution in [2.45, 2.75) is 6.42 Å². The van der Waals surface area contributed by atoms with Crippen LogP contribution in [0.1, 0.15) is 5.56 Å². The monoisotopic (exact) mass is 242 g/mol. The number of hydrogen-bond donors (Lipinski definition) is 1. The van der Waals surface area contributed by atoms with Crippen molar-refractivity contribution >= 4 is 17.7 Å². The molecule has 5 heteroatoms. The lowest BCUT2D eigenvalue weighted by molar-refractivity contribution is -0.110. The van der Waals surface area contributed by atoms with Gasteiger partial charge >= 0.3 is 0 Å². The predicted molar refractivity (Wildman–Crippen MR) is 63.8 cm³/mol. The largest absolute Gasteiger partial charge is 0.493 e. The van der Waals surface area contributed by atoms with Crippen LogP contribution < -0.4 is 14.2 Å². The molecule has 0 aliphatic carbocycles. The van der Waals surface area contributed by atoms with E-state index in [1.165, 1.54) is 21.3 Å². The van der Waals surface area contributed by atoms with Gasteiger partial charge in [-0.05, 0) is 17.7 Å². The predicted octanol–water partition coefficient (Wildman–Crippen LogP) is 1.71. The fraction of sp³-hybridized carbons (Fsp3) is 0.364. The Morgan fingerprint density at radius 1 is 1.12 bits per heavy atom. The minimum atomic E-state index is -0.214. The van der Waals surface area contributed by atoms with Crippen LogP contribution in [0.5, 0.6) is 17.2 Å². The molecule has 88 valence electrons. The summed E-state index contributed by atoms with van der Waals surface area (Å²) in [6.07, 6.45) is 0.222. The Morgan fingerprint density at radius 2 is 1.62 bits per heavy atom. The molecule has 0 aromatic heterocycles. The van der Waals surface area contributed by atoms with E-state index in [-0.39, 0.29) is 11.5 Å². The Kier molecular flexibility index (Phi) is 4.49. The molecular formula is C11H14O4S. The summed E-state index contributed by atoms with van der Waals surface area (Å²) in [5.41, 5.74) is 0.773. The fourth-order valence-corrected chi connectivity index (χ4v) is 1.59. The van der Waals surface area contributed by atoms with Gasteiger partial charge in [0.1, 0.15) is 0 Å². The van der Waals surface area contributed by atoms with Crippen LogP contribution in [0.25, 0.3) is 0 Å². The summed E-state index contributed by atoms with van der Waals surface area (Å²) in [4.78, 5) is 10.9. The van der Waals surface area contributed by atoms with Gasteiger partial charge in [0.15, 0.2) is 16.6 Å². The Labute approximate surface area is 99.9 Å². The summed E-state index contributed by atoms with van der Waals surface area (Å²) >= 11 is 3.73. The molecule has 16 heavy (non-hydrogen) atoms. The van der Waals surface area contributed by atoms with E-state index in [4.69, 9.17) is 14.2 Å². The minimum Gasteiger partial charge on any atom is -0.493 e. The number of benzene rings is 1. The number of carbonyl (C=O) groups is 1. The molecule has 0 unspecified atom stereocenters. The van der Waals surface area contributed by atoms with Crippen LogP contribution in [0.4, 0.5) is 0 Å². The van der Waals surface area contributed by atoms with Crippen molar-refractivity contribution in [2.75, 3.05) is 21.3 Å². The molecule has 0 aliphatic heterocycles. The second-order valence-electron chi connectivity index (χ2n) is 3.10. The van der Waals surface area contributed by atoms with Crippen LogP contribution in [-0.2, 0) is 11.2 Å². The van der Waals surface area contributed by atoms with Gasteiger partial charge in [-0.1, -0.05) is 0 Å². The van der Waals surface area contributed by atoms with E-state index >= 15 is 0 Å². The number of carbonyl (C=O) groups excluding carboxylic acids is 1. The lowest BCUT2D eigenvalue weighted by Crippen LogP contribution is -1.99. The molecule has 0 spiro atoms. The van der Waals surface area contributed by atoms with E-state index in [0.717, 1.165) is 5.56 Å². The van der Waals surface area contributed by atoms with Gasteiger partial charge in [-0.3, -0.25) is 4.79 Å². The second kappa shape index (κ2) is 5.65. The van der Waals surface area contributed by atoms with Gasteiger partial charge in [-0.2, -0.15) is 0 Å². The number of hydrogen-bond acceptors (Lipinski definition) is 4. The van der Waals surface area contributed by atoms with E-state index in [9.17, 15) is 4.79 Å². The molecule has 1 aromatic carbocycles. The molecule has 0 heterocycles.